The van der Waals surface area contributed by atoms with Gasteiger partial charge in [0.05, 0.1) is 0 Å². The molecule has 14 heavy (non-hydrogen) atoms. The van der Waals surface area contributed by atoms with Gasteiger partial charge in [0.2, 0.25) is 0 Å². The average molecular weight is 236 g/mol. The van der Waals surface area contributed by atoms with Gasteiger partial charge in [0.15, 0.2) is 0 Å². The van der Waals surface area contributed by atoms with Gasteiger partial charge in [-0.1, -0.05) is 26.7 Å². The largest absolute Gasteiger partial charge is 0.480 e. The number of hydrogen-bond donors (Lipinski definition) is 1. The van der Waals surface area contributed by atoms with E-state index >= 15 is 0 Å². The number of hydrogen-bond acceptors (Lipinski definition) is 3. The molecule has 0 saturated heterocycles. The fourth-order valence-electron chi connectivity index (χ4n) is 0.860. The molecule has 0 spiro atoms. The van der Waals surface area contributed by atoms with Crippen LogP contribution in [0.15, 0.2) is 0 Å². The Morgan fingerprint density at radius 1 is 1.14 bits per heavy atom. The molecule has 0 amide bonds. The molecule has 0 heterocycles. The van der Waals surface area contributed by atoms with Crippen LogP contribution in [0.4, 0.5) is 0 Å². The summed E-state index contributed by atoms with van der Waals surface area (Å²) in [5.41, 5.74) is 0. The molecular formula is C10H20O2S2. The van der Waals surface area contributed by atoms with Crippen molar-refractivity contribution >= 4 is 29.5 Å². The lowest BCUT2D eigenvalue weighted by Crippen LogP contribution is -2.13. The highest BCUT2D eigenvalue weighted by Crippen LogP contribution is 2.25. The fourth-order valence-corrected chi connectivity index (χ4v) is 3.45. The second kappa shape index (κ2) is 9.71. The summed E-state index contributed by atoms with van der Waals surface area (Å²) in [5, 5.41) is 8.93. The summed E-state index contributed by atoms with van der Waals surface area (Å²) in [6.45, 7) is 4.25. The Morgan fingerprint density at radius 2 is 1.57 bits per heavy atom. The van der Waals surface area contributed by atoms with Gasteiger partial charge in [-0.15, -0.1) is 23.5 Å². The lowest BCUT2D eigenvalue weighted by atomic mass is 10.4. The smallest absolute Gasteiger partial charge is 0.326 e. The summed E-state index contributed by atoms with van der Waals surface area (Å²) in [6, 6.07) is 0. The average Bonchev–Trinajstić information content (AvgIpc) is 2.15. The number of rotatable bonds is 9. The van der Waals surface area contributed by atoms with Gasteiger partial charge in [-0.05, 0) is 24.3 Å². The Morgan fingerprint density at radius 3 is 1.86 bits per heavy atom. The molecule has 0 fully saturated rings. The van der Waals surface area contributed by atoms with Crippen molar-refractivity contribution in [2.24, 2.45) is 0 Å². The van der Waals surface area contributed by atoms with Gasteiger partial charge in [0.25, 0.3) is 0 Å². The quantitative estimate of drug-likeness (QED) is 0.491. The third kappa shape index (κ3) is 7.56. The highest BCUT2D eigenvalue weighted by Gasteiger charge is 2.17. The van der Waals surface area contributed by atoms with Crippen LogP contribution in [0, 0.1) is 0 Å². The standard InChI is InChI=1S/C10H20O2S2/c1-3-5-7-13-10(9(11)12)14-8-6-4-2/h10H,3-8H2,1-2H3,(H,11,12). The molecule has 0 rings (SSSR count). The van der Waals surface area contributed by atoms with E-state index in [1.54, 1.807) is 23.5 Å². The number of unbranched alkanes of at least 4 members (excludes halogenated alkanes) is 2. The first-order valence-electron chi connectivity index (χ1n) is 5.18. The van der Waals surface area contributed by atoms with Gasteiger partial charge in [-0.3, -0.25) is 4.79 Å². The van der Waals surface area contributed by atoms with E-state index in [2.05, 4.69) is 13.8 Å². The Balaban J connectivity index is 3.61. The van der Waals surface area contributed by atoms with Crippen molar-refractivity contribution in [3.05, 3.63) is 0 Å². The van der Waals surface area contributed by atoms with Crippen molar-refractivity contribution in [2.75, 3.05) is 11.5 Å². The van der Waals surface area contributed by atoms with Crippen molar-refractivity contribution in [3.8, 4) is 0 Å². The molecule has 0 aromatic carbocycles. The highest BCUT2D eigenvalue weighted by atomic mass is 32.2. The van der Waals surface area contributed by atoms with Crippen molar-refractivity contribution in [1.82, 2.24) is 0 Å². The monoisotopic (exact) mass is 236 g/mol. The van der Waals surface area contributed by atoms with Crippen LogP contribution in [-0.4, -0.2) is 27.2 Å². The van der Waals surface area contributed by atoms with Gasteiger partial charge < -0.3 is 5.11 Å². The lowest BCUT2D eigenvalue weighted by Gasteiger charge is -2.10. The second-order valence-corrected chi connectivity index (χ2v) is 5.84. The molecule has 0 aromatic heterocycles. The van der Waals surface area contributed by atoms with Crippen molar-refractivity contribution in [1.29, 1.82) is 0 Å². The molecule has 0 aromatic rings. The van der Waals surface area contributed by atoms with Crippen LogP contribution in [0.2, 0.25) is 0 Å². The molecule has 0 aliphatic carbocycles. The van der Waals surface area contributed by atoms with Crippen molar-refractivity contribution in [3.63, 3.8) is 0 Å². The molecular weight excluding hydrogens is 216 g/mol. The van der Waals surface area contributed by atoms with Gasteiger partial charge in [-0.25, -0.2) is 0 Å². The minimum atomic E-state index is -0.674. The van der Waals surface area contributed by atoms with E-state index in [0.29, 0.717) is 0 Å². The van der Waals surface area contributed by atoms with Crippen LogP contribution in [0.1, 0.15) is 39.5 Å². The topological polar surface area (TPSA) is 37.3 Å². The number of carboxylic acid groups (broad SMARTS) is 1. The molecule has 0 radical (unpaired) electrons. The third-order valence-electron chi connectivity index (χ3n) is 1.74. The maximum absolute atomic E-state index is 10.8. The summed E-state index contributed by atoms with van der Waals surface area (Å²) in [7, 11) is 0. The van der Waals surface area contributed by atoms with Crippen LogP contribution in [0.5, 0.6) is 0 Å². The van der Waals surface area contributed by atoms with Gasteiger partial charge >= 0.3 is 5.97 Å². The van der Waals surface area contributed by atoms with Crippen LogP contribution in [-0.2, 0) is 4.79 Å². The van der Waals surface area contributed by atoms with Crippen LogP contribution >= 0.6 is 23.5 Å². The normalized spacial score (nSPS) is 10.8. The minimum Gasteiger partial charge on any atom is -0.480 e. The maximum atomic E-state index is 10.8. The summed E-state index contributed by atoms with van der Waals surface area (Å²) in [5.74, 6) is 1.26. The Hall–Kier alpha value is 0.170. The number of thioether (sulfide) groups is 2. The van der Waals surface area contributed by atoms with Gasteiger partial charge in [0, 0.05) is 0 Å². The number of carbonyl (C=O) groups is 1. The van der Waals surface area contributed by atoms with E-state index in [1.807, 2.05) is 0 Å². The summed E-state index contributed by atoms with van der Waals surface area (Å²) in [4.78, 5) is 10.8. The molecule has 2 nitrogen and oxygen atoms in total. The molecule has 0 unspecified atom stereocenters. The van der Waals surface area contributed by atoms with Gasteiger partial charge in [-0.2, -0.15) is 0 Å². The minimum absolute atomic E-state index is 0.256. The molecule has 0 bridgehead atoms. The second-order valence-electron chi connectivity index (χ2n) is 3.12. The van der Waals surface area contributed by atoms with E-state index < -0.39 is 5.97 Å². The van der Waals surface area contributed by atoms with E-state index in [0.717, 1.165) is 37.2 Å². The molecule has 0 atom stereocenters. The third-order valence-corrected chi connectivity index (χ3v) is 4.61. The maximum Gasteiger partial charge on any atom is 0.326 e. The van der Waals surface area contributed by atoms with E-state index in [-0.39, 0.29) is 4.58 Å². The Labute approximate surface area is 95.2 Å². The Kier molecular flexibility index (Phi) is 9.83. The first kappa shape index (κ1) is 14.2. The predicted molar refractivity (Wildman–Crippen MR) is 66.2 cm³/mol. The zero-order chi connectivity index (χ0) is 10.8. The zero-order valence-electron chi connectivity index (χ0n) is 8.99. The highest BCUT2D eigenvalue weighted by molar-refractivity contribution is 8.18. The molecule has 1 N–H and O–H groups in total. The summed E-state index contributed by atoms with van der Waals surface area (Å²) < 4.78 is -0.256. The lowest BCUT2D eigenvalue weighted by molar-refractivity contribution is -0.134. The van der Waals surface area contributed by atoms with Crippen molar-refractivity contribution < 1.29 is 9.90 Å². The van der Waals surface area contributed by atoms with Crippen LogP contribution in [0.25, 0.3) is 0 Å². The molecule has 84 valence electrons. The van der Waals surface area contributed by atoms with E-state index in [9.17, 15) is 4.79 Å². The first-order chi connectivity index (χ1) is 6.72. The molecule has 0 aliphatic heterocycles. The predicted octanol–water partition coefficient (Wildman–Crippen LogP) is 3.46. The van der Waals surface area contributed by atoms with Crippen LogP contribution in [0.3, 0.4) is 0 Å². The molecule has 4 heteroatoms. The zero-order valence-corrected chi connectivity index (χ0v) is 10.6. The van der Waals surface area contributed by atoms with E-state index in [4.69, 9.17) is 5.11 Å². The number of carboxylic acids is 1. The SMILES string of the molecule is CCCCSC(SCCCC)C(=O)O. The van der Waals surface area contributed by atoms with Gasteiger partial charge in [0.1, 0.15) is 4.58 Å². The molecule has 0 aliphatic rings. The number of aliphatic carboxylic acids is 1. The molecule has 0 saturated carbocycles. The summed E-state index contributed by atoms with van der Waals surface area (Å²) in [6.07, 6.45) is 4.50. The summed E-state index contributed by atoms with van der Waals surface area (Å²) >= 11 is 3.14. The van der Waals surface area contributed by atoms with Crippen molar-refractivity contribution in [2.45, 2.75) is 44.1 Å². The Bertz CT molecular complexity index is 141. The fraction of sp³-hybridized carbons (Fsp3) is 0.900. The van der Waals surface area contributed by atoms with E-state index in [1.165, 1.54) is 0 Å². The first-order valence-corrected chi connectivity index (χ1v) is 7.28. The van der Waals surface area contributed by atoms with Crippen LogP contribution < -0.4 is 0 Å².